The van der Waals surface area contributed by atoms with Gasteiger partial charge >= 0.3 is 0 Å². The van der Waals surface area contributed by atoms with Crippen molar-refractivity contribution in [3.05, 3.63) is 70.5 Å². The molecule has 0 saturated carbocycles. The Morgan fingerprint density at radius 2 is 1.86 bits per heavy atom. The molecule has 3 rings (SSSR count). The van der Waals surface area contributed by atoms with Gasteiger partial charge in [-0.3, -0.25) is 14.5 Å². The van der Waals surface area contributed by atoms with Crippen molar-refractivity contribution in [3.63, 3.8) is 0 Å². The number of nitrogens with zero attached hydrogens (tertiary/aromatic N) is 1. The summed E-state index contributed by atoms with van der Waals surface area (Å²) in [6, 6.07) is 13.6. The number of morpholine rings is 1. The first-order valence-corrected chi connectivity index (χ1v) is 9.98. The van der Waals surface area contributed by atoms with Crippen LogP contribution >= 0.6 is 11.6 Å². The molecule has 2 atom stereocenters. The normalized spacial score (nSPS) is 16.8. The molecule has 1 fully saturated rings. The largest absolute Gasteiger partial charge is 0.379 e. The van der Waals surface area contributed by atoms with Crippen LogP contribution in [0.25, 0.3) is 0 Å². The molecular formula is C22H24ClFN2O3. The summed E-state index contributed by atoms with van der Waals surface area (Å²) in [4.78, 5) is 27.1. The van der Waals surface area contributed by atoms with Crippen molar-refractivity contribution in [1.29, 1.82) is 0 Å². The Labute approximate surface area is 174 Å². The smallest absolute Gasteiger partial charge is 0.287 e. The molecule has 0 aliphatic carbocycles. The van der Waals surface area contributed by atoms with E-state index in [9.17, 15) is 14.0 Å². The summed E-state index contributed by atoms with van der Waals surface area (Å²) in [5, 5.41) is 2.81. The van der Waals surface area contributed by atoms with Gasteiger partial charge in [0.15, 0.2) is 0 Å². The maximum absolute atomic E-state index is 13.6. The van der Waals surface area contributed by atoms with Gasteiger partial charge in [0, 0.05) is 25.6 Å². The molecule has 1 amide bonds. The van der Waals surface area contributed by atoms with Crippen molar-refractivity contribution in [2.45, 2.75) is 25.4 Å². The standard InChI is InChI=1S/C22H24ClFN2O3/c1-15(21(17-5-3-2-4-6-17)26-9-11-29-12-10-26)25-22(28)20(27)14-16-7-8-18(23)19(24)13-16/h2-8,13,15,21H,9-12,14H2,1H3,(H,25,28). The van der Waals surface area contributed by atoms with Crippen molar-refractivity contribution >= 4 is 23.3 Å². The third kappa shape index (κ3) is 5.63. The number of hydrogen-bond donors (Lipinski definition) is 1. The predicted molar refractivity (Wildman–Crippen MR) is 109 cm³/mol. The van der Waals surface area contributed by atoms with Crippen molar-refractivity contribution in [2.24, 2.45) is 0 Å². The predicted octanol–water partition coefficient (Wildman–Crippen LogP) is 3.17. The highest BCUT2D eigenvalue weighted by atomic mass is 35.5. The minimum absolute atomic E-state index is 0.0181. The van der Waals surface area contributed by atoms with E-state index in [1.807, 2.05) is 37.3 Å². The zero-order valence-electron chi connectivity index (χ0n) is 16.2. The Balaban J connectivity index is 1.69. The monoisotopic (exact) mass is 418 g/mol. The van der Waals surface area contributed by atoms with Crippen LogP contribution in [0, 0.1) is 5.82 Å². The lowest BCUT2D eigenvalue weighted by atomic mass is 9.97. The third-order valence-electron chi connectivity index (χ3n) is 5.01. The van der Waals surface area contributed by atoms with Crippen LogP contribution in [0.5, 0.6) is 0 Å². The second-order valence-electron chi connectivity index (χ2n) is 7.11. The van der Waals surface area contributed by atoms with Crippen LogP contribution in [0.4, 0.5) is 4.39 Å². The minimum Gasteiger partial charge on any atom is -0.379 e. The number of carbonyl (C=O) groups excluding carboxylic acids is 2. The molecule has 0 aromatic heterocycles. The molecule has 0 spiro atoms. The molecule has 29 heavy (non-hydrogen) atoms. The first kappa shape index (κ1) is 21.4. The minimum atomic E-state index is -0.679. The highest BCUT2D eigenvalue weighted by molar-refractivity contribution is 6.36. The molecule has 7 heteroatoms. The zero-order chi connectivity index (χ0) is 20.8. The summed E-state index contributed by atoms with van der Waals surface area (Å²) in [5.41, 5.74) is 1.47. The van der Waals surface area contributed by atoms with Crippen LogP contribution in [0.15, 0.2) is 48.5 Å². The average molecular weight is 419 g/mol. The van der Waals surface area contributed by atoms with Gasteiger partial charge in [-0.1, -0.05) is 48.0 Å². The molecule has 1 N–H and O–H groups in total. The Hall–Kier alpha value is -2.28. The van der Waals surface area contributed by atoms with E-state index in [0.29, 0.717) is 18.8 Å². The van der Waals surface area contributed by atoms with Crippen molar-refractivity contribution in [1.82, 2.24) is 10.2 Å². The number of ether oxygens (including phenoxy) is 1. The highest BCUT2D eigenvalue weighted by Crippen LogP contribution is 2.25. The van der Waals surface area contributed by atoms with Gasteiger partial charge in [-0.2, -0.15) is 0 Å². The summed E-state index contributed by atoms with van der Waals surface area (Å²) in [6.07, 6.45) is -0.180. The van der Waals surface area contributed by atoms with Gasteiger partial charge in [-0.05, 0) is 30.2 Å². The number of hydrogen-bond acceptors (Lipinski definition) is 4. The van der Waals surface area contributed by atoms with E-state index in [1.54, 1.807) is 6.07 Å². The summed E-state index contributed by atoms with van der Waals surface area (Å²) in [7, 11) is 0. The number of ketones is 1. The van der Waals surface area contributed by atoms with Crippen LogP contribution < -0.4 is 5.32 Å². The number of amides is 1. The molecule has 1 aliphatic heterocycles. The number of rotatable bonds is 7. The number of carbonyl (C=O) groups is 2. The molecule has 5 nitrogen and oxygen atoms in total. The Morgan fingerprint density at radius 1 is 1.17 bits per heavy atom. The van der Waals surface area contributed by atoms with Crippen molar-refractivity contribution in [3.8, 4) is 0 Å². The lowest BCUT2D eigenvalue weighted by molar-refractivity contribution is -0.138. The average Bonchev–Trinajstić information content (AvgIpc) is 2.72. The van der Waals surface area contributed by atoms with Crippen LogP contribution in [0.1, 0.15) is 24.1 Å². The van der Waals surface area contributed by atoms with Gasteiger partial charge in [0.05, 0.1) is 24.3 Å². The Bertz CT molecular complexity index is 856. The Morgan fingerprint density at radius 3 is 2.52 bits per heavy atom. The van der Waals surface area contributed by atoms with E-state index in [4.69, 9.17) is 16.3 Å². The number of Topliss-reactive ketones (excluding diaryl/α,β-unsaturated/α-hetero) is 1. The summed E-state index contributed by atoms with van der Waals surface area (Å²) in [5.74, 6) is -1.91. The van der Waals surface area contributed by atoms with Gasteiger partial charge in [0.1, 0.15) is 5.82 Å². The Kier molecular flexibility index (Phi) is 7.36. The molecule has 2 aromatic carbocycles. The lowest BCUT2D eigenvalue weighted by Crippen LogP contribution is -2.49. The first-order chi connectivity index (χ1) is 14.0. The quantitative estimate of drug-likeness (QED) is 0.702. The fourth-order valence-corrected chi connectivity index (χ4v) is 3.72. The summed E-state index contributed by atoms with van der Waals surface area (Å²) in [6.45, 7) is 4.64. The van der Waals surface area contributed by atoms with Crippen LogP contribution in [0.2, 0.25) is 5.02 Å². The van der Waals surface area contributed by atoms with E-state index in [2.05, 4.69) is 10.2 Å². The molecule has 0 bridgehead atoms. The number of benzene rings is 2. The fourth-order valence-electron chi connectivity index (χ4n) is 3.60. The van der Waals surface area contributed by atoms with Gasteiger partial charge in [-0.15, -0.1) is 0 Å². The molecule has 2 aromatic rings. The maximum Gasteiger partial charge on any atom is 0.287 e. The zero-order valence-corrected chi connectivity index (χ0v) is 17.0. The van der Waals surface area contributed by atoms with Crippen LogP contribution in [-0.4, -0.2) is 48.9 Å². The fraction of sp³-hybridized carbons (Fsp3) is 0.364. The van der Waals surface area contributed by atoms with E-state index in [0.717, 1.165) is 18.7 Å². The molecular weight excluding hydrogens is 395 g/mol. The number of nitrogens with one attached hydrogen (secondary N) is 1. The highest BCUT2D eigenvalue weighted by Gasteiger charge is 2.29. The van der Waals surface area contributed by atoms with Crippen LogP contribution in [0.3, 0.4) is 0 Å². The molecule has 1 saturated heterocycles. The van der Waals surface area contributed by atoms with Crippen molar-refractivity contribution < 1.29 is 18.7 Å². The number of halogens is 2. The molecule has 154 valence electrons. The maximum atomic E-state index is 13.6. The SMILES string of the molecule is CC(NC(=O)C(=O)Cc1ccc(Cl)c(F)c1)C(c1ccccc1)N1CCOCC1. The molecule has 0 radical (unpaired) electrons. The van der Waals surface area contributed by atoms with Gasteiger partial charge < -0.3 is 10.1 Å². The third-order valence-corrected chi connectivity index (χ3v) is 5.32. The first-order valence-electron chi connectivity index (χ1n) is 9.60. The topological polar surface area (TPSA) is 58.6 Å². The van der Waals surface area contributed by atoms with E-state index >= 15 is 0 Å². The van der Waals surface area contributed by atoms with Gasteiger partial charge in [0.25, 0.3) is 5.91 Å². The summed E-state index contributed by atoms with van der Waals surface area (Å²) >= 11 is 5.66. The van der Waals surface area contributed by atoms with Gasteiger partial charge in [0.2, 0.25) is 5.78 Å². The summed E-state index contributed by atoms with van der Waals surface area (Å²) < 4.78 is 19.0. The molecule has 2 unspecified atom stereocenters. The van der Waals surface area contributed by atoms with Crippen molar-refractivity contribution in [2.75, 3.05) is 26.3 Å². The second-order valence-corrected chi connectivity index (χ2v) is 7.52. The molecule has 1 aliphatic rings. The lowest BCUT2D eigenvalue weighted by Gasteiger charge is -2.38. The second kappa shape index (κ2) is 9.96. The molecule has 1 heterocycles. The van der Waals surface area contributed by atoms with Gasteiger partial charge in [-0.25, -0.2) is 4.39 Å². The van der Waals surface area contributed by atoms with Crippen LogP contribution in [-0.2, 0) is 20.7 Å². The van der Waals surface area contributed by atoms with E-state index in [1.165, 1.54) is 12.1 Å². The van der Waals surface area contributed by atoms with E-state index in [-0.39, 0.29) is 23.5 Å². The van der Waals surface area contributed by atoms with E-state index < -0.39 is 17.5 Å².